The average Bonchev–Trinajstić information content (AvgIpc) is 2.87. The van der Waals surface area contributed by atoms with E-state index in [2.05, 4.69) is 5.16 Å². The van der Waals surface area contributed by atoms with Crippen molar-refractivity contribution >= 4 is 11.7 Å². The number of carbonyl (C=O) groups is 1. The third-order valence-electron chi connectivity index (χ3n) is 3.01. The molecule has 6 nitrogen and oxygen atoms in total. The molecule has 0 aromatic carbocycles. The minimum atomic E-state index is -0.311. The molecule has 0 spiro atoms. The molecule has 1 saturated heterocycles. The third-order valence-corrected chi connectivity index (χ3v) is 3.01. The van der Waals surface area contributed by atoms with Crippen LogP contribution in [-0.2, 0) is 9.53 Å². The number of ether oxygens (including phenoxy) is 1. The molecular weight excluding hydrogens is 222 g/mol. The lowest BCUT2D eigenvalue weighted by atomic mass is 10.1. The van der Waals surface area contributed by atoms with Crippen molar-refractivity contribution in [1.29, 1.82) is 0 Å². The Morgan fingerprint density at radius 2 is 2.41 bits per heavy atom. The fraction of sp³-hybridized carbons (Fsp3) is 0.818. The van der Waals surface area contributed by atoms with Crippen molar-refractivity contribution in [2.24, 2.45) is 16.8 Å². The molecule has 1 rings (SSSR count). The summed E-state index contributed by atoms with van der Waals surface area (Å²) in [5.41, 5.74) is 5.50. The van der Waals surface area contributed by atoms with E-state index in [0.29, 0.717) is 19.7 Å². The molecule has 2 atom stereocenters. The molecule has 98 valence electrons. The molecule has 0 aromatic heterocycles. The monoisotopic (exact) mass is 243 g/mol. The van der Waals surface area contributed by atoms with Gasteiger partial charge in [-0.1, -0.05) is 12.1 Å². The number of carbonyl (C=O) groups excluding carboxylic acids is 1. The Morgan fingerprint density at radius 1 is 1.71 bits per heavy atom. The zero-order chi connectivity index (χ0) is 12.8. The first-order valence-corrected chi connectivity index (χ1v) is 5.98. The molecular formula is C11H21N3O3. The number of nitrogens with zero attached hydrogens (tertiary/aromatic N) is 2. The highest BCUT2D eigenvalue weighted by molar-refractivity contribution is 5.84. The molecule has 0 aromatic rings. The minimum absolute atomic E-state index is 0.00240. The van der Waals surface area contributed by atoms with Crippen molar-refractivity contribution in [1.82, 2.24) is 4.90 Å². The Labute approximate surface area is 101 Å². The molecule has 1 aliphatic heterocycles. The summed E-state index contributed by atoms with van der Waals surface area (Å²) in [5, 5.41) is 11.5. The molecule has 1 aliphatic rings. The van der Waals surface area contributed by atoms with Crippen LogP contribution in [0.15, 0.2) is 5.16 Å². The van der Waals surface area contributed by atoms with Gasteiger partial charge in [-0.05, 0) is 19.8 Å². The van der Waals surface area contributed by atoms with E-state index in [-0.39, 0.29) is 23.8 Å². The summed E-state index contributed by atoms with van der Waals surface area (Å²) in [7, 11) is 0. The zero-order valence-corrected chi connectivity index (χ0v) is 10.4. The Kier molecular flexibility index (Phi) is 5.21. The number of hydrogen-bond donors (Lipinski definition) is 2. The number of nitrogens with two attached hydrogens (primary N) is 1. The number of amidine groups is 1. The van der Waals surface area contributed by atoms with E-state index < -0.39 is 0 Å². The van der Waals surface area contributed by atoms with Crippen LogP contribution in [0.1, 0.15) is 26.7 Å². The largest absolute Gasteiger partial charge is 0.409 e. The fourth-order valence-electron chi connectivity index (χ4n) is 1.87. The Balaban J connectivity index is 2.55. The second-order valence-corrected chi connectivity index (χ2v) is 4.30. The predicted molar refractivity (Wildman–Crippen MR) is 63.8 cm³/mol. The van der Waals surface area contributed by atoms with Gasteiger partial charge in [-0.3, -0.25) is 4.79 Å². The van der Waals surface area contributed by atoms with Crippen molar-refractivity contribution in [3.05, 3.63) is 0 Å². The smallest absolute Gasteiger partial charge is 0.251 e. The van der Waals surface area contributed by atoms with Crippen molar-refractivity contribution < 1.29 is 14.7 Å². The first kappa shape index (κ1) is 13.8. The number of oxime groups is 1. The lowest BCUT2D eigenvalue weighted by molar-refractivity contribution is -0.141. The van der Waals surface area contributed by atoms with Gasteiger partial charge < -0.3 is 20.6 Å². The number of hydrogen-bond acceptors (Lipinski definition) is 4. The van der Waals surface area contributed by atoms with Crippen LogP contribution in [0.5, 0.6) is 0 Å². The molecule has 0 radical (unpaired) electrons. The second-order valence-electron chi connectivity index (χ2n) is 4.30. The SMILES string of the molecule is CCN(CC(C)/C(N)=N/O)C(=O)C1CCCO1. The van der Waals surface area contributed by atoms with Gasteiger partial charge in [0.25, 0.3) is 5.91 Å². The highest BCUT2D eigenvalue weighted by atomic mass is 16.5. The van der Waals surface area contributed by atoms with Gasteiger partial charge in [0.15, 0.2) is 0 Å². The third kappa shape index (κ3) is 3.59. The molecule has 0 aliphatic carbocycles. The molecule has 2 unspecified atom stereocenters. The van der Waals surface area contributed by atoms with E-state index in [1.54, 1.807) is 4.90 Å². The van der Waals surface area contributed by atoms with Crippen molar-refractivity contribution in [3.63, 3.8) is 0 Å². The predicted octanol–water partition coefficient (Wildman–Crippen LogP) is 0.396. The van der Waals surface area contributed by atoms with Crippen molar-refractivity contribution in [3.8, 4) is 0 Å². The van der Waals surface area contributed by atoms with Gasteiger partial charge in [0.2, 0.25) is 0 Å². The Hall–Kier alpha value is -1.30. The summed E-state index contributed by atoms with van der Waals surface area (Å²) in [6.07, 6.45) is 1.41. The lowest BCUT2D eigenvalue weighted by Gasteiger charge is -2.26. The highest BCUT2D eigenvalue weighted by Gasteiger charge is 2.28. The lowest BCUT2D eigenvalue weighted by Crippen LogP contribution is -2.43. The van der Waals surface area contributed by atoms with E-state index in [0.717, 1.165) is 12.8 Å². The first-order chi connectivity index (χ1) is 8.10. The van der Waals surface area contributed by atoms with Crippen molar-refractivity contribution in [2.75, 3.05) is 19.7 Å². The maximum Gasteiger partial charge on any atom is 0.251 e. The van der Waals surface area contributed by atoms with Crippen LogP contribution in [0.4, 0.5) is 0 Å². The zero-order valence-electron chi connectivity index (χ0n) is 10.4. The van der Waals surface area contributed by atoms with Crippen LogP contribution in [-0.4, -0.2) is 47.7 Å². The van der Waals surface area contributed by atoms with Crippen LogP contribution in [0, 0.1) is 5.92 Å². The number of likely N-dealkylation sites (N-methyl/N-ethyl adjacent to an activating group) is 1. The molecule has 1 fully saturated rings. The van der Waals surface area contributed by atoms with Gasteiger partial charge >= 0.3 is 0 Å². The fourth-order valence-corrected chi connectivity index (χ4v) is 1.87. The molecule has 3 N–H and O–H groups in total. The topological polar surface area (TPSA) is 88.1 Å². The van der Waals surface area contributed by atoms with E-state index in [1.165, 1.54) is 0 Å². The average molecular weight is 243 g/mol. The van der Waals surface area contributed by atoms with Gasteiger partial charge in [0.1, 0.15) is 11.9 Å². The van der Waals surface area contributed by atoms with Crippen LogP contribution >= 0.6 is 0 Å². The van der Waals surface area contributed by atoms with E-state index in [9.17, 15) is 4.79 Å². The summed E-state index contributed by atoms with van der Waals surface area (Å²) in [6.45, 7) is 5.43. The molecule has 17 heavy (non-hydrogen) atoms. The van der Waals surface area contributed by atoms with E-state index >= 15 is 0 Å². The standard InChI is InChI=1S/C11H21N3O3/c1-3-14(7-8(2)10(12)13-16)11(15)9-5-4-6-17-9/h8-9,16H,3-7H2,1-2H3,(H2,12,13). The highest BCUT2D eigenvalue weighted by Crippen LogP contribution is 2.15. The van der Waals surface area contributed by atoms with Gasteiger partial charge in [-0.2, -0.15) is 0 Å². The van der Waals surface area contributed by atoms with Gasteiger partial charge in [-0.25, -0.2) is 0 Å². The number of rotatable bonds is 5. The van der Waals surface area contributed by atoms with Crippen LogP contribution in [0.25, 0.3) is 0 Å². The Morgan fingerprint density at radius 3 is 2.88 bits per heavy atom. The first-order valence-electron chi connectivity index (χ1n) is 5.98. The second kappa shape index (κ2) is 6.44. The summed E-state index contributed by atoms with van der Waals surface area (Å²) in [4.78, 5) is 13.8. The van der Waals surface area contributed by atoms with Crippen LogP contribution < -0.4 is 5.73 Å². The van der Waals surface area contributed by atoms with Gasteiger partial charge in [-0.15, -0.1) is 0 Å². The quantitative estimate of drug-likeness (QED) is 0.316. The Bertz CT molecular complexity index is 288. The van der Waals surface area contributed by atoms with Crippen LogP contribution in [0.3, 0.4) is 0 Å². The minimum Gasteiger partial charge on any atom is -0.409 e. The summed E-state index contributed by atoms with van der Waals surface area (Å²) in [6, 6.07) is 0. The van der Waals surface area contributed by atoms with Gasteiger partial charge in [0.05, 0.1) is 0 Å². The van der Waals surface area contributed by atoms with Crippen LogP contribution in [0.2, 0.25) is 0 Å². The van der Waals surface area contributed by atoms with Gasteiger partial charge in [0, 0.05) is 25.6 Å². The molecule has 1 heterocycles. The number of amides is 1. The summed E-state index contributed by atoms with van der Waals surface area (Å²) in [5.74, 6) is -0.0171. The maximum absolute atomic E-state index is 12.1. The van der Waals surface area contributed by atoms with E-state index in [1.807, 2.05) is 13.8 Å². The molecule has 0 saturated carbocycles. The normalized spacial score (nSPS) is 22.5. The molecule has 0 bridgehead atoms. The summed E-state index contributed by atoms with van der Waals surface area (Å²) < 4.78 is 5.36. The van der Waals surface area contributed by atoms with Crippen molar-refractivity contribution in [2.45, 2.75) is 32.8 Å². The maximum atomic E-state index is 12.1. The summed E-state index contributed by atoms with van der Waals surface area (Å²) >= 11 is 0. The molecule has 6 heteroatoms. The van der Waals surface area contributed by atoms with E-state index in [4.69, 9.17) is 15.7 Å². The molecule has 1 amide bonds.